The molecule has 0 unspecified atom stereocenters. The fraction of sp³-hybridized carbons (Fsp3) is 0.143. The Balaban J connectivity index is 3.46. The molecule has 0 amide bonds. The molecule has 11 heavy (non-hydrogen) atoms. The van der Waals surface area contributed by atoms with Gasteiger partial charge in [0, 0.05) is 4.47 Å². The van der Waals surface area contributed by atoms with Gasteiger partial charge in [-0.2, -0.15) is 0 Å². The summed E-state index contributed by atoms with van der Waals surface area (Å²) in [6.07, 6.45) is 0. The fourth-order valence-electron chi connectivity index (χ4n) is 0.657. The number of hydrogen-bond acceptors (Lipinski definition) is 0. The van der Waals surface area contributed by atoms with Gasteiger partial charge in [0.05, 0.1) is 14.5 Å². The van der Waals surface area contributed by atoms with Gasteiger partial charge in [0.1, 0.15) is 0 Å². The monoisotopic (exact) mass is 316 g/mol. The molecule has 0 atom stereocenters. The van der Waals surface area contributed by atoms with E-state index >= 15 is 0 Å². The molecule has 0 aliphatic rings. The number of hydrogen-bond donors (Lipinski definition) is 0. The molecule has 0 saturated heterocycles. The van der Waals surface area contributed by atoms with Gasteiger partial charge in [-0.1, -0.05) is 39.1 Å². The van der Waals surface area contributed by atoms with Crippen molar-refractivity contribution in [2.75, 3.05) is 0 Å². The summed E-state index contributed by atoms with van der Waals surface area (Å²) in [7, 11) is 0. The topological polar surface area (TPSA) is 0 Å². The van der Waals surface area contributed by atoms with Crippen LogP contribution in [-0.4, -0.2) is 0 Å². The summed E-state index contributed by atoms with van der Waals surface area (Å²) in [5.41, 5.74) is 0.989. The van der Waals surface area contributed by atoms with E-state index in [4.69, 9.17) is 23.2 Å². The minimum atomic E-state index is 0.618. The molecule has 0 aliphatic heterocycles. The van der Waals surface area contributed by atoms with Gasteiger partial charge in [-0.3, -0.25) is 0 Å². The summed E-state index contributed by atoms with van der Waals surface area (Å²) >= 11 is 18.4. The zero-order valence-corrected chi connectivity index (χ0v) is 10.3. The van der Waals surface area contributed by atoms with Crippen molar-refractivity contribution in [2.24, 2.45) is 0 Å². The van der Waals surface area contributed by atoms with Crippen LogP contribution in [0.15, 0.2) is 15.0 Å². The van der Waals surface area contributed by atoms with Gasteiger partial charge < -0.3 is 0 Å². The molecule has 0 spiro atoms. The van der Waals surface area contributed by atoms with Gasteiger partial charge in [0.25, 0.3) is 0 Å². The lowest BCUT2D eigenvalue weighted by atomic mass is 10.2. The van der Waals surface area contributed by atoms with Crippen molar-refractivity contribution in [1.29, 1.82) is 0 Å². The highest BCUT2D eigenvalue weighted by atomic mass is 79.9. The third kappa shape index (κ3) is 1.92. The summed E-state index contributed by atoms with van der Waals surface area (Å²) in [6.45, 7) is 1.92. The molecule has 0 bridgehead atoms. The SMILES string of the molecule is Cc1c(Br)cc(Cl)c(Br)c1Cl. The first kappa shape index (κ1) is 9.85. The molecule has 1 aromatic carbocycles. The number of rotatable bonds is 0. The molecule has 1 rings (SSSR count). The minimum absolute atomic E-state index is 0.618. The second kappa shape index (κ2) is 3.65. The standard InChI is InChI=1S/C7H4Br2Cl2/c1-3-4(8)2-5(10)6(9)7(3)11/h2H,1H3. The van der Waals surface area contributed by atoms with Crippen LogP contribution >= 0.6 is 55.1 Å². The molecule has 0 heterocycles. The van der Waals surface area contributed by atoms with Crippen LogP contribution in [0.5, 0.6) is 0 Å². The van der Waals surface area contributed by atoms with E-state index in [0.717, 1.165) is 14.5 Å². The summed E-state index contributed by atoms with van der Waals surface area (Å²) in [5, 5.41) is 1.27. The maximum absolute atomic E-state index is 5.93. The van der Waals surface area contributed by atoms with Gasteiger partial charge in [0.15, 0.2) is 0 Å². The normalized spacial score (nSPS) is 10.3. The zero-order valence-electron chi connectivity index (χ0n) is 5.59. The van der Waals surface area contributed by atoms with Crippen LogP contribution in [0.2, 0.25) is 10.0 Å². The molecule has 1 aromatic rings. The van der Waals surface area contributed by atoms with E-state index in [2.05, 4.69) is 31.9 Å². The van der Waals surface area contributed by atoms with E-state index in [1.54, 1.807) is 0 Å². The highest BCUT2D eigenvalue weighted by molar-refractivity contribution is 9.11. The Morgan fingerprint density at radius 3 is 2.36 bits per heavy atom. The van der Waals surface area contributed by atoms with Crippen LogP contribution in [0, 0.1) is 6.92 Å². The number of halogens is 4. The van der Waals surface area contributed by atoms with Gasteiger partial charge in [-0.05, 0) is 34.5 Å². The zero-order chi connectivity index (χ0) is 8.59. The minimum Gasteiger partial charge on any atom is -0.0830 e. The van der Waals surface area contributed by atoms with Gasteiger partial charge in [-0.15, -0.1) is 0 Å². The van der Waals surface area contributed by atoms with Crippen LogP contribution in [0.3, 0.4) is 0 Å². The lowest BCUT2D eigenvalue weighted by Crippen LogP contribution is -1.80. The lowest BCUT2D eigenvalue weighted by molar-refractivity contribution is 1.41. The molecule has 0 N–H and O–H groups in total. The molecule has 0 aliphatic carbocycles. The molecule has 0 saturated carbocycles. The van der Waals surface area contributed by atoms with Crippen LogP contribution in [-0.2, 0) is 0 Å². The molecule has 0 fully saturated rings. The quantitative estimate of drug-likeness (QED) is 0.475. The Morgan fingerprint density at radius 1 is 1.27 bits per heavy atom. The molecule has 4 heteroatoms. The fourth-order valence-corrected chi connectivity index (χ4v) is 2.20. The molecule has 0 radical (unpaired) electrons. The van der Waals surface area contributed by atoms with Crippen molar-refractivity contribution in [2.45, 2.75) is 6.92 Å². The Bertz CT molecular complexity index is 271. The highest BCUT2D eigenvalue weighted by Crippen LogP contribution is 2.36. The van der Waals surface area contributed by atoms with Crippen molar-refractivity contribution in [3.05, 3.63) is 30.6 Å². The average molecular weight is 319 g/mol. The van der Waals surface area contributed by atoms with Gasteiger partial charge in [0.2, 0.25) is 0 Å². The van der Waals surface area contributed by atoms with E-state index in [1.807, 2.05) is 13.0 Å². The van der Waals surface area contributed by atoms with Crippen LogP contribution < -0.4 is 0 Å². The smallest absolute Gasteiger partial charge is 0.0603 e. The van der Waals surface area contributed by atoms with Crippen molar-refractivity contribution in [3.63, 3.8) is 0 Å². The van der Waals surface area contributed by atoms with Crippen molar-refractivity contribution >= 4 is 55.1 Å². The van der Waals surface area contributed by atoms with Gasteiger partial charge >= 0.3 is 0 Å². The summed E-state index contributed by atoms with van der Waals surface area (Å²) in [4.78, 5) is 0. The summed E-state index contributed by atoms with van der Waals surface area (Å²) in [5.74, 6) is 0. The molecule has 0 aromatic heterocycles. The summed E-state index contributed by atoms with van der Waals surface area (Å²) < 4.78 is 1.68. The largest absolute Gasteiger partial charge is 0.0830 e. The third-order valence-electron chi connectivity index (χ3n) is 1.34. The first-order valence-electron chi connectivity index (χ1n) is 2.83. The predicted octanol–water partition coefficient (Wildman–Crippen LogP) is 4.83. The Labute approximate surface area is 92.1 Å². The molecule has 0 nitrogen and oxygen atoms in total. The second-order valence-corrected chi connectivity index (χ2v) is 4.53. The van der Waals surface area contributed by atoms with E-state index in [0.29, 0.717) is 10.0 Å². The Hall–Kier alpha value is 0.760. The Morgan fingerprint density at radius 2 is 1.82 bits per heavy atom. The van der Waals surface area contributed by atoms with E-state index in [1.165, 1.54) is 0 Å². The predicted molar refractivity (Wildman–Crippen MR) is 56.6 cm³/mol. The van der Waals surface area contributed by atoms with Crippen molar-refractivity contribution in [1.82, 2.24) is 0 Å². The highest BCUT2D eigenvalue weighted by Gasteiger charge is 2.08. The van der Waals surface area contributed by atoms with Crippen LogP contribution in [0.4, 0.5) is 0 Å². The van der Waals surface area contributed by atoms with E-state index in [-0.39, 0.29) is 0 Å². The lowest BCUT2D eigenvalue weighted by Gasteiger charge is -2.04. The maximum Gasteiger partial charge on any atom is 0.0603 e. The third-order valence-corrected chi connectivity index (χ3v) is 4.22. The van der Waals surface area contributed by atoms with Crippen molar-refractivity contribution < 1.29 is 0 Å². The van der Waals surface area contributed by atoms with Gasteiger partial charge in [-0.25, -0.2) is 0 Å². The van der Waals surface area contributed by atoms with Crippen molar-refractivity contribution in [3.8, 4) is 0 Å². The molecular formula is C7H4Br2Cl2. The second-order valence-electron chi connectivity index (χ2n) is 2.09. The molecular weight excluding hydrogens is 315 g/mol. The van der Waals surface area contributed by atoms with E-state index in [9.17, 15) is 0 Å². The average Bonchev–Trinajstić information content (AvgIpc) is 1.97. The first-order chi connectivity index (χ1) is 5.04. The van der Waals surface area contributed by atoms with E-state index < -0.39 is 0 Å². The first-order valence-corrected chi connectivity index (χ1v) is 5.18. The van der Waals surface area contributed by atoms with Crippen LogP contribution in [0.1, 0.15) is 5.56 Å². The summed E-state index contributed by atoms with van der Waals surface area (Å²) in [6, 6.07) is 1.81. The number of benzene rings is 1. The molecule has 60 valence electrons. The Kier molecular flexibility index (Phi) is 3.27. The maximum atomic E-state index is 5.93. The van der Waals surface area contributed by atoms with Crippen LogP contribution in [0.25, 0.3) is 0 Å².